The minimum Gasteiger partial charge on any atom is -0.466 e. The summed E-state index contributed by atoms with van der Waals surface area (Å²) in [6, 6.07) is 0. The lowest BCUT2D eigenvalue weighted by Gasteiger charge is -2.00. The Morgan fingerprint density at radius 3 is 2.12 bits per heavy atom. The highest BCUT2D eigenvalue weighted by Crippen LogP contribution is 1.95. The fourth-order valence-corrected chi connectivity index (χ4v) is 0.996. The zero-order valence-corrected chi connectivity index (χ0v) is 10.3. The molecule has 1 N–H and O–H groups in total. The van der Waals surface area contributed by atoms with Crippen molar-refractivity contribution in [1.29, 1.82) is 0 Å². The van der Waals surface area contributed by atoms with Crippen LogP contribution in [0.25, 0.3) is 0 Å². The van der Waals surface area contributed by atoms with E-state index in [2.05, 4.69) is 6.92 Å². The van der Waals surface area contributed by atoms with E-state index in [1.807, 2.05) is 12.2 Å². The van der Waals surface area contributed by atoms with Gasteiger partial charge < -0.3 is 4.74 Å². The zero-order valence-electron chi connectivity index (χ0n) is 10.3. The van der Waals surface area contributed by atoms with E-state index in [0.717, 1.165) is 12.8 Å². The second-order valence-electron chi connectivity index (χ2n) is 3.47. The Morgan fingerprint density at radius 2 is 1.76 bits per heavy atom. The number of esters is 1. The molecule has 0 fully saturated rings. The average molecular weight is 241 g/mol. The first-order valence-electron chi connectivity index (χ1n) is 5.78. The number of hydrogen-bond donors (Lipinski definition) is 1. The summed E-state index contributed by atoms with van der Waals surface area (Å²) in [5, 5.41) is 2.03. The third kappa shape index (κ3) is 9.29. The summed E-state index contributed by atoms with van der Waals surface area (Å²) in [6.07, 6.45) is 6.21. The lowest BCUT2D eigenvalue weighted by molar-refractivity contribution is -0.143. The van der Waals surface area contributed by atoms with Crippen molar-refractivity contribution in [3.63, 3.8) is 0 Å². The normalized spacial score (nSPS) is 12.8. The number of nitrogens with one attached hydrogen (secondary N) is 1. The molecular weight excluding hydrogens is 222 g/mol. The largest absolute Gasteiger partial charge is 0.466 e. The molecule has 1 heterocycles. The first-order chi connectivity index (χ1) is 8.10. The van der Waals surface area contributed by atoms with Gasteiger partial charge >= 0.3 is 5.97 Å². The van der Waals surface area contributed by atoms with Crippen molar-refractivity contribution >= 4 is 17.8 Å². The smallest absolute Gasteiger partial charge is 0.305 e. The van der Waals surface area contributed by atoms with Crippen LogP contribution in [0.1, 0.15) is 39.5 Å². The van der Waals surface area contributed by atoms with Gasteiger partial charge in [0.25, 0.3) is 11.8 Å². The van der Waals surface area contributed by atoms with E-state index in [-0.39, 0.29) is 17.8 Å². The molecule has 0 spiro atoms. The van der Waals surface area contributed by atoms with Gasteiger partial charge in [-0.15, -0.1) is 0 Å². The molecule has 5 heteroatoms. The van der Waals surface area contributed by atoms with Gasteiger partial charge in [-0.1, -0.05) is 26.7 Å². The van der Waals surface area contributed by atoms with Crippen LogP contribution in [0, 0.1) is 0 Å². The molecule has 0 aliphatic carbocycles. The third-order valence-corrected chi connectivity index (χ3v) is 1.93. The number of carbonyl (C=O) groups is 3. The molecule has 0 saturated heterocycles. The Balaban J connectivity index is 0.000000318. The lowest BCUT2D eigenvalue weighted by atomic mass is 10.3. The lowest BCUT2D eigenvalue weighted by Crippen LogP contribution is -2.19. The number of amides is 2. The van der Waals surface area contributed by atoms with E-state index in [0.29, 0.717) is 13.0 Å². The summed E-state index contributed by atoms with van der Waals surface area (Å²) < 4.78 is 4.85. The molecule has 0 bridgehead atoms. The predicted octanol–water partition coefficient (Wildman–Crippen LogP) is 1.33. The highest BCUT2D eigenvalue weighted by atomic mass is 16.5. The van der Waals surface area contributed by atoms with E-state index in [9.17, 15) is 14.4 Å². The highest BCUT2D eigenvalue weighted by Gasteiger charge is 2.06. The number of carbonyl (C=O) groups excluding carboxylic acids is 3. The van der Waals surface area contributed by atoms with Crippen molar-refractivity contribution in [2.75, 3.05) is 6.61 Å². The molecule has 0 atom stereocenters. The second-order valence-corrected chi connectivity index (χ2v) is 3.47. The van der Waals surface area contributed by atoms with E-state index in [1.54, 1.807) is 0 Å². The van der Waals surface area contributed by atoms with Crippen LogP contribution >= 0.6 is 0 Å². The first-order valence-corrected chi connectivity index (χ1v) is 5.78. The molecule has 1 aliphatic rings. The maximum atomic E-state index is 10.6. The van der Waals surface area contributed by atoms with E-state index in [4.69, 9.17) is 4.74 Å². The van der Waals surface area contributed by atoms with Gasteiger partial charge in [0.15, 0.2) is 0 Å². The molecule has 1 aliphatic heterocycles. The van der Waals surface area contributed by atoms with Crippen LogP contribution in [-0.2, 0) is 19.1 Å². The van der Waals surface area contributed by atoms with E-state index >= 15 is 0 Å². The number of rotatable bonds is 5. The molecule has 96 valence electrons. The molecule has 5 nitrogen and oxygen atoms in total. The Labute approximate surface area is 101 Å². The average Bonchev–Trinajstić information content (AvgIpc) is 2.69. The summed E-state index contributed by atoms with van der Waals surface area (Å²) in [6.45, 7) is 4.53. The van der Waals surface area contributed by atoms with Crippen molar-refractivity contribution in [3.8, 4) is 0 Å². The monoisotopic (exact) mass is 241 g/mol. The van der Waals surface area contributed by atoms with Gasteiger partial charge in [0.1, 0.15) is 0 Å². The van der Waals surface area contributed by atoms with Crippen LogP contribution in [0.4, 0.5) is 0 Å². The predicted molar refractivity (Wildman–Crippen MR) is 63.1 cm³/mol. The molecule has 0 aromatic rings. The second kappa shape index (κ2) is 9.57. The number of ether oxygens (including phenoxy) is 1. The summed E-state index contributed by atoms with van der Waals surface area (Å²) in [5.41, 5.74) is 0. The van der Waals surface area contributed by atoms with Gasteiger partial charge in [-0.05, 0) is 6.42 Å². The molecule has 0 aromatic heterocycles. The quantitative estimate of drug-likeness (QED) is 0.447. The topological polar surface area (TPSA) is 72.5 Å². The van der Waals surface area contributed by atoms with Gasteiger partial charge in [0.2, 0.25) is 0 Å². The minimum atomic E-state index is -0.329. The Morgan fingerprint density at radius 1 is 1.18 bits per heavy atom. The highest BCUT2D eigenvalue weighted by molar-refractivity contribution is 6.12. The first kappa shape index (κ1) is 15.3. The standard InChI is InChI=1S/C8H16O2.C4H3NO2/c1-3-5-6-7-10-8(9)4-2;6-3-1-2-4(7)5-3/h3-7H2,1-2H3;1-2H,(H,5,6,7). The fraction of sp³-hybridized carbons (Fsp3) is 0.583. The van der Waals surface area contributed by atoms with Crippen LogP contribution < -0.4 is 5.32 Å². The molecule has 1 rings (SSSR count). The van der Waals surface area contributed by atoms with Crippen LogP contribution in [0.15, 0.2) is 12.2 Å². The molecule has 0 saturated carbocycles. The molecule has 2 amide bonds. The molecule has 17 heavy (non-hydrogen) atoms. The number of imide groups is 1. The van der Waals surface area contributed by atoms with Crippen molar-refractivity contribution in [2.24, 2.45) is 0 Å². The number of hydrogen-bond acceptors (Lipinski definition) is 4. The van der Waals surface area contributed by atoms with Gasteiger partial charge in [-0.25, -0.2) is 0 Å². The SMILES string of the molecule is CCCCCOC(=O)CC.O=C1C=CC(=O)N1. The van der Waals surface area contributed by atoms with Gasteiger partial charge in [0, 0.05) is 18.6 Å². The van der Waals surface area contributed by atoms with Crippen LogP contribution in [0.2, 0.25) is 0 Å². The Kier molecular flexibility index (Phi) is 8.64. The van der Waals surface area contributed by atoms with E-state index in [1.165, 1.54) is 18.6 Å². The van der Waals surface area contributed by atoms with Crippen LogP contribution in [-0.4, -0.2) is 24.4 Å². The summed E-state index contributed by atoms with van der Waals surface area (Å²) in [4.78, 5) is 30.6. The van der Waals surface area contributed by atoms with Crippen LogP contribution in [0.3, 0.4) is 0 Å². The maximum absolute atomic E-state index is 10.6. The number of unbranched alkanes of at least 4 members (excludes halogenated alkanes) is 2. The molecular formula is C12H19NO4. The molecule has 0 unspecified atom stereocenters. The minimum absolute atomic E-state index is 0.0869. The van der Waals surface area contributed by atoms with Gasteiger partial charge in [-0.2, -0.15) is 0 Å². The van der Waals surface area contributed by atoms with Crippen molar-refractivity contribution in [1.82, 2.24) is 5.32 Å². The summed E-state index contributed by atoms with van der Waals surface area (Å²) in [5.74, 6) is -0.744. The maximum Gasteiger partial charge on any atom is 0.305 e. The molecule has 0 radical (unpaired) electrons. The third-order valence-electron chi connectivity index (χ3n) is 1.93. The Hall–Kier alpha value is -1.65. The zero-order chi connectivity index (χ0) is 13.1. The van der Waals surface area contributed by atoms with Gasteiger partial charge in [-0.3, -0.25) is 19.7 Å². The van der Waals surface area contributed by atoms with Crippen molar-refractivity contribution in [3.05, 3.63) is 12.2 Å². The van der Waals surface area contributed by atoms with Crippen LogP contribution in [0.5, 0.6) is 0 Å². The molecule has 0 aromatic carbocycles. The van der Waals surface area contributed by atoms with Crippen molar-refractivity contribution < 1.29 is 19.1 Å². The summed E-state index contributed by atoms with van der Waals surface area (Å²) >= 11 is 0. The van der Waals surface area contributed by atoms with Crippen molar-refractivity contribution in [2.45, 2.75) is 39.5 Å². The fourth-order valence-electron chi connectivity index (χ4n) is 0.996. The Bertz CT molecular complexity index is 281. The van der Waals surface area contributed by atoms with Gasteiger partial charge in [0.05, 0.1) is 6.61 Å². The summed E-state index contributed by atoms with van der Waals surface area (Å²) in [7, 11) is 0. The van der Waals surface area contributed by atoms with E-state index < -0.39 is 0 Å².